The second kappa shape index (κ2) is 6.91. The van der Waals surface area contributed by atoms with Crippen LogP contribution in [-0.4, -0.2) is 5.91 Å². The number of carbonyl (C=O) groups excluding carboxylic acids is 1. The van der Waals surface area contributed by atoms with Crippen molar-refractivity contribution in [3.8, 4) is 0 Å². The lowest BCUT2D eigenvalue weighted by Crippen LogP contribution is -2.28. The molecule has 2 rings (SSSR count). The highest BCUT2D eigenvalue weighted by molar-refractivity contribution is 5.91. The first-order valence-corrected chi connectivity index (χ1v) is 6.89. The smallest absolute Gasteiger partial charge is 0.287 e. The molecule has 0 fully saturated rings. The number of hydrogen-bond acceptors (Lipinski definition) is 3. The third-order valence-corrected chi connectivity index (χ3v) is 3.17. The van der Waals surface area contributed by atoms with Crippen LogP contribution in [0.15, 0.2) is 46.9 Å². The number of rotatable bonds is 6. The molecule has 0 aliphatic heterocycles. The van der Waals surface area contributed by atoms with Crippen LogP contribution in [-0.2, 0) is 6.54 Å². The Bertz CT molecular complexity index is 549. The van der Waals surface area contributed by atoms with Gasteiger partial charge in [-0.05, 0) is 24.1 Å². The summed E-state index contributed by atoms with van der Waals surface area (Å²) in [6.07, 6.45) is 1.88. The van der Waals surface area contributed by atoms with Crippen molar-refractivity contribution in [3.05, 3.63) is 59.5 Å². The lowest BCUT2D eigenvalue weighted by atomic mass is 10.0. The molecular formula is C16H20N2O2. The summed E-state index contributed by atoms with van der Waals surface area (Å²) in [6, 6.07) is 13.3. The molecule has 1 heterocycles. The van der Waals surface area contributed by atoms with Crippen LogP contribution in [0.2, 0.25) is 0 Å². The highest BCUT2D eigenvalue weighted by Gasteiger charge is 2.17. The summed E-state index contributed by atoms with van der Waals surface area (Å²) in [6.45, 7) is 2.39. The number of amides is 1. The van der Waals surface area contributed by atoms with Crippen LogP contribution in [0.1, 0.15) is 47.7 Å². The zero-order valence-electron chi connectivity index (χ0n) is 11.6. The zero-order chi connectivity index (χ0) is 14.4. The minimum Gasteiger partial charge on any atom is -0.455 e. The van der Waals surface area contributed by atoms with E-state index in [9.17, 15) is 4.79 Å². The Morgan fingerprint density at radius 1 is 1.25 bits per heavy atom. The lowest BCUT2D eigenvalue weighted by molar-refractivity contribution is 0.0904. The van der Waals surface area contributed by atoms with Gasteiger partial charge in [0.05, 0.1) is 12.6 Å². The SMILES string of the molecule is CCCC(NC(=O)c1ccc(CN)o1)c1ccccc1. The Labute approximate surface area is 119 Å². The number of carbonyl (C=O) groups is 1. The zero-order valence-corrected chi connectivity index (χ0v) is 11.6. The monoisotopic (exact) mass is 272 g/mol. The van der Waals surface area contributed by atoms with E-state index >= 15 is 0 Å². The molecule has 3 N–H and O–H groups in total. The second-order valence-electron chi connectivity index (χ2n) is 4.70. The molecule has 0 aliphatic carbocycles. The first kappa shape index (κ1) is 14.3. The van der Waals surface area contributed by atoms with Crippen LogP contribution in [0, 0.1) is 0 Å². The molecule has 2 aromatic rings. The second-order valence-corrected chi connectivity index (χ2v) is 4.70. The van der Waals surface area contributed by atoms with Gasteiger partial charge in [-0.15, -0.1) is 0 Å². The topological polar surface area (TPSA) is 68.3 Å². The van der Waals surface area contributed by atoms with E-state index in [2.05, 4.69) is 12.2 Å². The number of hydrogen-bond donors (Lipinski definition) is 2. The average Bonchev–Trinajstić information content (AvgIpc) is 2.97. The molecule has 1 unspecified atom stereocenters. The van der Waals surface area contributed by atoms with Crippen molar-refractivity contribution in [2.24, 2.45) is 5.73 Å². The maximum atomic E-state index is 12.2. The molecule has 0 aliphatic rings. The molecular weight excluding hydrogens is 252 g/mol. The van der Waals surface area contributed by atoms with Gasteiger partial charge >= 0.3 is 0 Å². The third-order valence-electron chi connectivity index (χ3n) is 3.17. The van der Waals surface area contributed by atoms with Crippen molar-refractivity contribution in [1.82, 2.24) is 5.32 Å². The summed E-state index contributed by atoms with van der Waals surface area (Å²) >= 11 is 0. The minimum absolute atomic E-state index is 0.000117. The number of benzene rings is 1. The molecule has 4 nitrogen and oxygen atoms in total. The lowest BCUT2D eigenvalue weighted by Gasteiger charge is -2.17. The first-order chi connectivity index (χ1) is 9.74. The predicted octanol–water partition coefficient (Wildman–Crippen LogP) is 3.01. The van der Waals surface area contributed by atoms with Crippen molar-refractivity contribution < 1.29 is 9.21 Å². The van der Waals surface area contributed by atoms with Gasteiger partial charge < -0.3 is 15.5 Å². The summed E-state index contributed by atoms with van der Waals surface area (Å²) in [5.41, 5.74) is 6.58. The summed E-state index contributed by atoms with van der Waals surface area (Å²) in [5, 5.41) is 3.01. The molecule has 1 atom stereocenters. The molecule has 0 saturated heterocycles. The van der Waals surface area contributed by atoms with Gasteiger partial charge in [-0.3, -0.25) is 4.79 Å². The van der Waals surface area contributed by atoms with E-state index in [1.165, 1.54) is 0 Å². The van der Waals surface area contributed by atoms with Crippen LogP contribution in [0.3, 0.4) is 0 Å². The predicted molar refractivity (Wildman–Crippen MR) is 78.2 cm³/mol. The van der Waals surface area contributed by atoms with Gasteiger partial charge in [0.25, 0.3) is 5.91 Å². The van der Waals surface area contributed by atoms with E-state index < -0.39 is 0 Å². The average molecular weight is 272 g/mol. The van der Waals surface area contributed by atoms with Crippen molar-refractivity contribution in [1.29, 1.82) is 0 Å². The number of nitrogens with one attached hydrogen (secondary N) is 1. The van der Waals surface area contributed by atoms with Gasteiger partial charge in [0.15, 0.2) is 5.76 Å². The van der Waals surface area contributed by atoms with E-state index in [4.69, 9.17) is 10.2 Å². The van der Waals surface area contributed by atoms with E-state index in [-0.39, 0.29) is 11.9 Å². The molecule has 0 spiro atoms. The Balaban J connectivity index is 2.10. The highest BCUT2D eigenvalue weighted by Crippen LogP contribution is 2.19. The number of nitrogens with two attached hydrogens (primary N) is 1. The van der Waals surface area contributed by atoms with Crippen LogP contribution >= 0.6 is 0 Å². The summed E-state index contributed by atoms with van der Waals surface area (Å²) in [4.78, 5) is 12.2. The quantitative estimate of drug-likeness (QED) is 0.849. The summed E-state index contributed by atoms with van der Waals surface area (Å²) in [7, 11) is 0. The molecule has 1 aromatic heterocycles. The number of furan rings is 1. The minimum atomic E-state index is -0.202. The van der Waals surface area contributed by atoms with E-state index in [0.717, 1.165) is 18.4 Å². The maximum absolute atomic E-state index is 12.2. The van der Waals surface area contributed by atoms with Crippen LogP contribution in [0.4, 0.5) is 0 Å². The Morgan fingerprint density at radius 2 is 2.00 bits per heavy atom. The molecule has 106 valence electrons. The van der Waals surface area contributed by atoms with Gasteiger partial charge in [0.2, 0.25) is 0 Å². The molecule has 0 radical (unpaired) electrons. The van der Waals surface area contributed by atoms with Crippen LogP contribution in [0.25, 0.3) is 0 Å². The summed E-state index contributed by atoms with van der Waals surface area (Å²) < 4.78 is 5.37. The van der Waals surface area contributed by atoms with Gasteiger partial charge in [-0.1, -0.05) is 43.7 Å². The van der Waals surface area contributed by atoms with E-state index in [1.54, 1.807) is 12.1 Å². The largest absolute Gasteiger partial charge is 0.455 e. The van der Waals surface area contributed by atoms with E-state index in [1.807, 2.05) is 30.3 Å². The fourth-order valence-corrected chi connectivity index (χ4v) is 2.14. The molecule has 4 heteroatoms. The maximum Gasteiger partial charge on any atom is 0.287 e. The fourth-order valence-electron chi connectivity index (χ4n) is 2.14. The third kappa shape index (κ3) is 3.48. The van der Waals surface area contributed by atoms with Gasteiger partial charge in [-0.25, -0.2) is 0 Å². The highest BCUT2D eigenvalue weighted by atomic mass is 16.4. The van der Waals surface area contributed by atoms with Crippen LogP contribution in [0.5, 0.6) is 0 Å². The molecule has 20 heavy (non-hydrogen) atoms. The molecule has 0 bridgehead atoms. The van der Waals surface area contributed by atoms with Crippen molar-refractivity contribution in [2.75, 3.05) is 0 Å². The Kier molecular flexibility index (Phi) is 4.96. The van der Waals surface area contributed by atoms with Gasteiger partial charge in [0.1, 0.15) is 5.76 Å². The van der Waals surface area contributed by atoms with Crippen molar-refractivity contribution >= 4 is 5.91 Å². The normalized spacial score (nSPS) is 12.1. The Morgan fingerprint density at radius 3 is 2.60 bits per heavy atom. The van der Waals surface area contributed by atoms with Crippen molar-refractivity contribution in [2.45, 2.75) is 32.4 Å². The Hall–Kier alpha value is -2.07. The van der Waals surface area contributed by atoms with E-state index in [0.29, 0.717) is 18.1 Å². The molecule has 1 amide bonds. The first-order valence-electron chi connectivity index (χ1n) is 6.89. The van der Waals surface area contributed by atoms with Crippen molar-refractivity contribution in [3.63, 3.8) is 0 Å². The fraction of sp³-hybridized carbons (Fsp3) is 0.312. The van der Waals surface area contributed by atoms with Crippen LogP contribution < -0.4 is 11.1 Å². The molecule has 1 aromatic carbocycles. The summed E-state index contributed by atoms with van der Waals surface area (Å²) in [5.74, 6) is 0.719. The van der Waals surface area contributed by atoms with Gasteiger partial charge in [-0.2, -0.15) is 0 Å². The standard InChI is InChI=1S/C16H20N2O2/c1-2-6-14(12-7-4-3-5-8-12)18-16(19)15-10-9-13(11-17)20-15/h3-5,7-10,14H,2,6,11,17H2,1H3,(H,18,19). The van der Waals surface area contributed by atoms with Gasteiger partial charge in [0, 0.05) is 0 Å². The molecule has 0 saturated carbocycles.